The van der Waals surface area contributed by atoms with Crippen LogP contribution < -0.4 is 5.32 Å². The maximum atomic E-state index is 13.7. The Morgan fingerprint density at radius 1 is 1.38 bits per heavy atom. The Bertz CT molecular complexity index is 893. The third-order valence-corrected chi connectivity index (χ3v) is 6.64. The first-order valence-electron chi connectivity index (χ1n) is 6.66. The summed E-state index contributed by atoms with van der Waals surface area (Å²) in [5, 5.41) is 7.15. The van der Waals surface area contributed by atoms with Crippen LogP contribution in [0.1, 0.15) is 15.2 Å². The van der Waals surface area contributed by atoms with Crippen LogP contribution >= 0.6 is 54.8 Å². The average molecular weight is 494 g/mol. The molecule has 2 heterocycles. The number of nitrogens with zero attached hydrogens (tertiary/aromatic N) is 2. The van der Waals surface area contributed by atoms with Crippen LogP contribution in [0.25, 0.3) is 0 Å². The van der Waals surface area contributed by atoms with Crippen molar-refractivity contribution in [2.45, 2.75) is 6.54 Å². The lowest BCUT2D eigenvalue weighted by atomic mass is 10.2. The molecular formula is C15H9Br2ClFN3OS. The van der Waals surface area contributed by atoms with Gasteiger partial charge in [-0.1, -0.05) is 29.8 Å². The van der Waals surface area contributed by atoms with Crippen LogP contribution in [-0.2, 0) is 6.54 Å². The van der Waals surface area contributed by atoms with Crippen LogP contribution in [0.2, 0.25) is 5.02 Å². The van der Waals surface area contributed by atoms with Crippen molar-refractivity contribution in [3.05, 3.63) is 66.1 Å². The third-order valence-electron chi connectivity index (χ3n) is 3.11. The Hall–Kier alpha value is -1.22. The number of amides is 1. The molecule has 1 N–H and O–H groups in total. The summed E-state index contributed by atoms with van der Waals surface area (Å²) in [7, 11) is 0. The van der Waals surface area contributed by atoms with Crippen LogP contribution in [0.4, 0.5) is 10.2 Å². The Morgan fingerprint density at radius 2 is 2.12 bits per heavy atom. The second kappa shape index (κ2) is 7.35. The lowest BCUT2D eigenvalue weighted by Gasteiger charge is -2.03. The monoisotopic (exact) mass is 491 g/mol. The van der Waals surface area contributed by atoms with E-state index >= 15 is 0 Å². The number of anilines is 1. The highest BCUT2D eigenvalue weighted by molar-refractivity contribution is 9.13. The maximum Gasteiger partial charge on any atom is 0.267 e. The molecule has 0 aliphatic carbocycles. The quantitative estimate of drug-likeness (QED) is 0.517. The Morgan fingerprint density at radius 3 is 2.79 bits per heavy atom. The van der Waals surface area contributed by atoms with Crippen molar-refractivity contribution < 1.29 is 9.18 Å². The summed E-state index contributed by atoms with van der Waals surface area (Å²) in [6.45, 7) is 0.221. The Labute approximate surface area is 162 Å². The molecule has 24 heavy (non-hydrogen) atoms. The van der Waals surface area contributed by atoms with Gasteiger partial charge in [-0.2, -0.15) is 5.10 Å². The number of hydrogen-bond acceptors (Lipinski definition) is 3. The van der Waals surface area contributed by atoms with Gasteiger partial charge in [0.05, 0.1) is 15.2 Å². The topological polar surface area (TPSA) is 46.9 Å². The van der Waals surface area contributed by atoms with Gasteiger partial charge in [-0.3, -0.25) is 9.48 Å². The fraction of sp³-hybridized carbons (Fsp3) is 0.0667. The average Bonchev–Trinajstić information content (AvgIpc) is 3.05. The smallest absolute Gasteiger partial charge is 0.267 e. The Kier molecular flexibility index (Phi) is 5.39. The number of thiophene rings is 1. The molecule has 0 unspecified atom stereocenters. The number of aromatic nitrogens is 2. The molecule has 3 rings (SSSR count). The minimum Gasteiger partial charge on any atom is -0.303 e. The molecule has 0 saturated heterocycles. The fourth-order valence-electron chi connectivity index (χ4n) is 1.99. The third kappa shape index (κ3) is 3.88. The number of carbonyl (C=O) groups excluding carboxylic acids is 1. The number of nitrogens with one attached hydrogen (secondary N) is 1. The second-order valence-electron chi connectivity index (χ2n) is 4.80. The van der Waals surface area contributed by atoms with Crippen molar-refractivity contribution in [3.63, 3.8) is 0 Å². The van der Waals surface area contributed by atoms with Gasteiger partial charge in [0, 0.05) is 16.2 Å². The molecule has 0 atom stereocenters. The normalized spacial score (nSPS) is 10.8. The zero-order valence-corrected chi connectivity index (χ0v) is 16.6. The molecule has 0 aliphatic heterocycles. The van der Waals surface area contributed by atoms with Gasteiger partial charge >= 0.3 is 0 Å². The SMILES string of the molecule is O=C(Nc1nn(Cc2ccccc2F)cc1Cl)c1cc(Br)c(Br)s1. The molecule has 0 fully saturated rings. The standard InChI is InChI=1S/C15H9Br2ClFN3OS/c16-9-5-12(24-13(9)17)15(23)20-14-10(18)7-22(21-14)6-8-3-1-2-4-11(8)19/h1-5,7H,6H2,(H,20,21,23). The van der Waals surface area contributed by atoms with E-state index in [-0.39, 0.29) is 29.1 Å². The van der Waals surface area contributed by atoms with Gasteiger partial charge in [-0.25, -0.2) is 4.39 Å². The van der Waals surface area contributed by atoms with E-state index in [0.717, 1.165) is 8.26 Å². The number of benzene rings is 1. The molecule has 0 radical (unpaired) electrons. The van der Waals surface area contributed by atoms with E-state index in [1.54, 1.807) is 30.5 Å². The van der Waals surface area contributed by atoms with E-state index in [1.807, 2.05) is 0 Å². The molecule has 3 aromatic rings. The van der Waals surface area contributed by atoms with Crippen LogP contribution in [-0.4, -0.2) is 15.7 Å². The predicted octanol–water partition coefficient (Wildman–Crippen LogP) is 5.56. The first-order chi connectivity index (χ1) is 11.4. The Balaban J connectivity index is 1.77. The van der Waals surface area contributed by atoms with Gasteiger partial charge in [0.15, 0.2) is 5.82 Å². The van der Waals surface area contributed by atoms with E-state index in [4.69, 9.17) is 11.6 Å². The lowest BCUT2D eigenvalue weighted by molar-refractivity contribution is 0.103. The molecule has 0 aliphatic rings. The summed E-state index contributed by atoms with van der Waals surface area (Å²) in [6, 6.07) is 8.13. The number of rotatable bonds is 4. The zero-order chi connectivity index (χ0) is 17.3. The number of halogens is 4. The minimum atomic E-state index is -0.317. The number of hydrogen-bond donors (Lipinski definition) is 1. The van der Waals surface area contributed by atoms with E-state index in [9.17, 15) is 9.18 Å². The molecule has 0 saturated carbocycles. The summed E-state index contributed by atoms with van der Waals surface area (Å²) in [5.74, 6) is -0.397. The van der Waals surface area contributed by atoms with Crippen molar-refractivity contribution in [2.75, 3.05) is 5.32 Å². The lowest BCUT2D eigenvalue weighted by Crippen LogP contribution is -2.11. The van der Waals surface area contributed by atoms with Crippen LogP contribution in [0.5, 0.6) is 0 Å². The molecule has 1 amide bonds. The molecule has 0 bridgehead atoms. The molecule has 4 nitrogen and oxygen atoms in total. The molecule has 2 aromatic heterocycles. The minimum absolute atomic E-state index is 0.221. The van der Waals surface area contributed by atoms with Crippen molar-refractivity contribution in [1.82, 2.24) is 9.78 Å². The van der Waals surface area contributed by atoms with E-state index < -0.39 is 0 Å². The summed E-state index contributed by atoms with van der Waals surface area (Å²) >= 11 is 14.1. The zero-order valence-electron chi connectivity index (χ0n) is 11.9. The van der Waals surface area contributed by atoms with Gasteiger partial charge < -0.3 is 5.32 Å². The summed E-state index contributed by atoms with van der Waals surface area (Å²) in [4.78, 5) is 12.8. The summed E-state index contributed by atoms with van der Waals surface area (Å²) < 4.78 is 16.8. The summed E-state index contributed by atoms with van der Waals surface area (Å²) in [6.07, 6.45) is 1.55. The van der Waals surface area contributed by atoms with Gasteiger partial charge in [0.2, 0.25) is 0 Å². The van der Waals surface area contributed by atoms with E-state index in [2.05, 4.69) is 42.3 Å². The van der Waals surface area contributed by atoms with Crippen LogP contribution in [0, 0.1) is 5.82 Å². The van der Waals surface area contributed by atoms with Gasteiger partial charge in [0.25, 0.3) is 5.91 Å². The molecule has 124 valence electrons. The fourth-order valence-corrected chi connectivity index (χ4v) is 4.12. The predicted molar refractivity (Wildman–Crippen MR) is 100 cm³/mol. The second-order valence-corrected chi connectivity index (χ2v) is 8.43. The molecular weight excluding hydrogens is 485 g/mol. The van der Waals surface area contributed by atoms with E-state index in [1.165, 1.54) is 22.1 Å². The molecule has 1 aromatic carbocycles. The van der Waals surface area contributed by atoms with Crippen molar-refractivity contribution >= 4 is 66.5 Å². The summed E-state index contributed by atoms with van der Waals surface area (Å²) in [5.41, 5.74) is 0.487. The van der Waals surface area contributed by atoms with Crippen molar-refractivity contribution in [3.8, 4) is 0 Å². The number of carbonyl (C=O) groups is 1. The van der Waals surface area contributed by atoms with E-state index in [0.29, 0.717) is 10.4 Å². The first kappa shape index (κ1) is 17.6. The van der Waals surface area contributed by atoms with Gasteiger partial charge in [-0.15, -0.1) is 11.3 Å². The van der Waals surface area contributed by atoms with Crippen molar-refractivity contribution in [1.29, 1.82) is 0 Å². The highest BCUT2D eigenvalue weighted by atomic mass is 79.9. The maximum absolute atomic E-state index is 13.7. The van der Waals surface area contributed by atoms with Crippen molar-refractivity contribution in [2.24, 2.45) is 0 Å². The highest BCUT2D eigenvalue weighted by Crippen LogP contribution is 2.33. The van der Waals surface area contributed by atoms with Crippen LogP contribution in [0.15, 0.2) is 44.8 Å². The first-order valence-corrected chi connectivity index (χ1v) is 9.44. The molecule has 9 heteroatoms. The van der Waals surface area contributed by atoms with Crippen LogP contribution in [0.3, 0.4) is 0 Å². The molecule has 0 spiro atoms. The largest absolute Gasteiger partial charge is 0.303 e. The van der Waals surface area contributed by atoms with Gasteiger partial charge in [-0.05, 0) is 44.0 Å². The highest BCUT2D eigenvalue weighted by Gasteiger charge is 2.16. The van der Waals surface area contributed by atoms with Gasteiger partial charge in [0.1, 0.15) is 10.8 Å².